The van der Waals surface area contributed by atoms with Gasteiger partial charge in [-0.3, -0.25) is 4.79 Å². The molecule has 25 heavy (non-hydrogen) atoms. The van der Waals surface area contributed by atoms with Gasteiger partial charge < -0.3 is 10.2 Å². The maximum atomic E-state index is 13.1. The number of hydrogen-bond acceptors (Lipinski definition) is 4. The van der Waals surface area contributed by atoms with Gasteiger partial charge in [-0.2, -0.15) is 5.10 Å². The molecule has 138 valence electrons. The number of likely N-dealkylation sites (tertiary alicyclic amines) is 1. The molecule has 0 aliphatic carbocycles. The summed E-state index contributed by atoms with van der Waals surface area (Å²) in [7, 11) is 0. The topological polar surface area (TPSA) is 63.1 Å². The van der Waals surface area contributed by atoms with E-state index in [1.165, 1.54) is 0 Å². The molecule has 2 aliphatic heterocycles. The average Bonchev–Trinajstić information content (AvgIpc) is 3.18. The zero-order valence-electron chi connectivity index (χ0n) is 14.7. The SMILES string of the molecule is Cc1cc(C(=O)N2C[C@H]3CNC[C@H]3C2)c2cnn(C(C)C)c2n1.Cl.Cl. The highest BCUT2D eigenvalue weighted by atomic mass is 35.5. The van der Waals surface area contributed by atoms with E-state index in [0.29, 0.717) is 11.8 Å². The van der Waals surface area contributed by atoms with Gasteiger partial charge in [0.1, 0.15) is 0 Å². The number of nitrogens with one attached hydrogen (secondary N) is 1. The average molecular weight is 386 g/mol. The first kappa shape index (κ1) is 19.9. The van der Waals surface area contributed by atoms with Crippen LogP contribution in [0.15, 0.2) is 12.3 Å². The molecular weight excluding hydrogens is 361 g/mol. The Morgan fingerprint density at radius 2 is 1.88 bits per heavy atom. The lowest BCUT2D eigenvalue weighted by atomic mass is 10.0. The van der Waals surface area contributed by atoms with Crippen LogP contribution in [0.1, 0.15) is 35.9 Å². The molecule has 0 spiro atoms. The summed E-state index contributed by atoms with van der Waals surface area (Å²) in [5.74, 6) is 1.34. The summed E-state index contributed by atoms with van der Waals surface area (Å²) in [4.78, 5) is 19.7. The Balaban J connectivity index is 0.00000113. The van der Waals surface area contributed by atoms with E-state index < -0.39 is 0 Å². The van der Waals surface area contributed by atoms with Crippen molar-refractivity contribution in [3.05, 3.63) is 23.5 Å². The highest BCUT2D eigenvalue weighted by Crippen LogP contribution is 2.29. The predicted molar refractivity (Wildman–Crippen MR) is 103 cm³/mol. The van der Waals surface area contributed by atoms with Gasteiger partial charge in [0, 0.05) is 37.9 Å². The van der Waals surface area contributed by atoms with E-state index in [1.54, 1.807) is 6.20 Å². The Kier molecular flexibility index (Phi) is 5.97. The van der Waals surface area contributed by atoms with Crippen molar-refractivity contribution in [1.29, 1.82) is 0 Å². The Bertz CT molecular complexity index is 764. The van der Waals surface area contributed by atoms with Crippen molar-refractivity contribution in [2.45, 2.75) is 26.8 Å². The predicted octanol–water partition coefficient (Wildman–Crippen LogP) is 2.46. The van der Waals surface area contributed by atoms with Gasteiger partial charge >= 0.3 is 0 Å². The minimum Gasteiger partial charge on any atom is -0.338 e. The van der Waals surface area contributed by atoms with E-state index in [0.717, 1.165) is 48.5 Å². The third-order valence-corrected chi connectivity index (χ3v) is 5.09. The molecule has 4 heterocycles. The number of aromatic nitrogens is 3. The maximum absolute atomic E-state index is 13.1. The number of carbonyl (C=O) groups excluding carboxylic acids is 1. The summed E-state index contributed by atoms with van der Waals surface area (Å²) in [6.45, 7) is 9.88. The molecule has 2 aromatic heterocycles. The molecule has 2 aliphatic rings. The van der Waals surface area contributed by atoms with Crippen molar-refractivity contribution < 1.29 is 4.79 Å². The standard InChI is InChI=1S/C17H23N5O.2ClH/c1-10(2)22-16-15(7-19-22)14(4-11(3)20-16)17(23)21-8-12-5-18-6-13(12)9-21;;/h4,7,10,12-13,18H,5-6,8-9H2,1-3H3;2*1H/t12-,13+;;. The molecule has 2 atom stereocenters. The highest BCUT2D eigenvalue weighted by molar-refractivity contribution is 6.05. The number of amides is 1. The first-order chi connectivity index (χ1) is 11.0. The summed E-state index contributed by atoms with van der Waals surface area (Å²) in [6, 6.07) is 2.13. The zero-order chi connectivity index (χ0) is 16.1. The Hall–Kier alpha value is -1.37. The number of fused-ring (bicyclic) bond motifs is 2. The fourth-order valence-electron chi connectivity index (χ4n) is 3.89. The Morgan fingerprint density at radius 3 is 2.48 bits per heavy atom. The lowest BCUT2D eigenvalue weighted by Gasteiger charge is -2.18. The van der Waals surface area contributed by atoms with Crippen molar-refractivity contribution in [2.24, 2.45) is 11.8 Å². The summed E-state index contributed by atoms with van der Waals surface area (Å²) in [5, 5.41) is 8.72. The first-order valence-corrected chi connectivity index (χ1v) is 8.39. The zero-order valence-corrected chi connectivity index (χ0v) is 16.4. The van der Waals surface area contributed by atoms with E-state index in [9.17, 15) is 4.79 Å². The van der Waals surface area contributed by atoms with Gasteiger partial charge in [-0.15, -0.1) is 24.8 Å². The molecule has 2 saturated heterocycles. The van der Waals surface area contributed by atoms with Crippen LogP contribution < -0.4 is 5.32 Å². The smallest absolute Gasteiger partial charge is 0.254 e. The van der Waals surface area contributed by atoms with Gasteiger partial charge in [-0.05, 0) is 38.7 Å². The molecule has 0 saturated carbocycles. The lowest BCUT2D eigenvalue weighted by Crippen LogP contribution is -2.32. The van der Waals surface area contributed by atoms with Crippen molar-refractivity contribution >= 4 is 41.8 Å². The van der Waals surface area contributed by atoms with Crippen LogP contribution in [-0.4, -0.2) is 51.8 Å². The Morgan fingerprint density at radius 1 is 1.24 bits per heavy atom. The molecule has 8 heteroatoms. The monoisotopic (exact) mass is 385 g/mol. The maximum Gasteiger partial charge on any atom is 0.254 e. The van der Waals surface area contributed by atoms with Crippen molar-refractivity contribution in [2.75, 3.05) is 26.2 Å². The molecule has 1 N–H and O–H groups in total. The van der Waals surface area contributed by atoms with Gasteiger partial charge in [0.15, 0.2) is 5.65 Å². The molecule has 6 nitrogen and oxygen atoms in total. The van der Waals surface area contributed by atoms with E-state index in [1.807, 2.05) is 22.6 Å². The Labute approximate surface area is 160 Å². The van der Waals surface area contributed by atoms with E-state index in [-0.39, 0.29) is 36.8 Å². The third-order valence-electron chi connectivity index (χ3n) is 5.09. The third kappa shape index (κ3) is 3.35. The number of nitrogens with zero attached hydrogens (tertiary/aromatic N) is 4. The molecule has 0 aromatic carbocycles. The normalized spacial score (nSPS) is 22.0. The number of pyridine rings is 1. The molecule has 0 radical (unpaired) electrons. The number of rotatable bonds is 2. The number of halogens is 2. The second-order valence-corrected chi connectivity index (χ2v) is 7.12. The van der Waals surface area contributed by atoms with E-state index in [4.69, 9.17) is 0 Å². The second kappa shape index (κ2) is 7.48. The second-order valence-electron chi connectivity index (χ2n) is 7.12. The fourth-order valence-corrected chi connectivity index (χ4v) is 3.89. The lowest BCUT2D eigenvalue weighted by molar-refractivity contribution is 0.0783. The van der Waals surface area contributed by atoms with Crippen molar-refractivity contribution in [3.8, 4) is 0 Å². The minimum absolute atomic E-state index is 0. The van der Waals surface area contributed by atoms with E-state index in [2.05, 4.69) is 29.2 Å². The van der Waals surface area contributed by atoms with Gasteiger partial charge in [-0.25, -0.2) is 9.67 Å². The summed E-state index contributed by atoms with van der Waals surface area (Å²) in [6.07, 6.45) is 1.79. The van der Waals surface area contributed by atoms with Crippen LogP contribution in [0, 0.1) is 18.8 Å². The molecule has 2 aromatic rings. The van der Waals surface area contributed by atoms with Crippen LogP contribution in [0.4, 0.5) is 0 Å². The summed E-state index contributed by atoms with van der Waals surface area (Å²) < 4.78 is 1.89. The highest BCUT2D eigenvalue weighted by Gasteiger charge is 2.38. The number of aryl methyl sites for hydroxylation is 1. The summed E-state index contributed by atoms with van der Waals surface area (Å²) in [5.41, 5.74) is 2.42. The molecule has 4 rings (SSSR count). The van der Waals surface area contributed by atoms with Gasteiger partial charge in [0.25, 0.3) is 5.91 Å². The van der Waals surface area contributed by atoms with E-state index >= 15 is 0 Å². The molecule has 0 unspecified atom stereocenters. The minimum atomic E-state index is 0. The van der Waals surface area contributed by atoms with Crippen LogP contribution in [0.2, 0.25) is 0 Å². The largest absolute Gasteiger partial charge is 0.338 e. The van der Waals surface area contributed by atoms with Crippen LogP contribution in [0.25, 0.3) is 11.0 Å². The van der Waals surface area contributed by atoms with Crippen molar-refractivity contribution in [3.63, 3.8) is 0 Å². The quantitative estimate of drug-likeness (QED) is 0.861. The van der Waals surface area contributed by atoms with Crippen LogP contribution in [0.3, 0.4) is 0 Å². The van der Waals surface area contributed by atoms with Gasteiger partial charge in [0.2, 0.25) is 0 Å². The number of hydrogen-bond donors (Lipinski definition) is 1. The molecule has 1 amide bonds. The van der Waals surface area contributed by atoms with Gasteiger partial charge in [-0.1, -0.05) is 0 Å². The van der Waals surface area contributed by atoms with Crippen molar-refractivity contribution in [1.82, 2.24) is 25.0 Å². The van der Waals surface area contributed by atoms with Gasteiger partial charge in [0.05, 0.1) is 17.1 Å². The van der Waals surface area contributed by atoms with Crippen LogP contribution in [-0.2, 0) is 0 Å². The van der Waals surface area contributed by atoms with Crippen LogP contribution >= 0.6 is 24.8 Å². The molecule has 2 fully saturated rings. The first-order valence-electron chi connectivity index (χ1n) is 8.39. The van der Waals surface area contributed by atoms with Crippen LogP contribution in [0.5, 0.6) is 0 Å². The molecular formula is C17H25Cl2N5O. The summed E-state index contributed by atoms with van der Waals surface area (Å²) >= 11 is 0. The molecule has 0 bridgehead atoms. The number of carbonyl (C=O) groups is 1. The fraction of sp³-hybridized carbons (Fsp3) is 0.588.